The Labute approximate surface area is 200 Å². The maximum absolute atomic E-state index is 12.5. The molecule has 8 nitrogen and oxygen atoms in total. The summed E-state index contributed by atoms with van der Waals surface area (Å²) in [4.78, 5) is 19.4. The normalized spacial score (nSPS) is 14.1. The number of likely N-dealkylation sites (tertiary alicyclic amines) is 1. The standard InChI is InChI=1S/C23H24N6O2S2/c30-22(24-10-13-28-11-4-5-12-28)18-15-32-20(25-18)16-33-23-27-26-21(19-9-6-14-31-19)29(23)17-7-2-1-3-8-17/h1-3,6-9,14-15H,4-5,10-13,16H2,(H,24,30). The molecule has 0 atom stereocenters. The van der Waals surface area contributed by atoms with Crippen LogP contribution in [0.25, 0.3) is 17.3 Å². The zero-order valence-electron chi connectivity index (χ0n) is 18.0. The first-order valence-electron chi connectivity index (χ1n) is 10.9. The third-order valence-corrected chi connectivity index (χ3v) is 7.38. The fourth-order valence-corrected chi connectivity index (χ4v) is 5.51. The molecule has 0 saturated carbocycles. The van der Waals surface area contributed by atoms with Crippen LogP contribution in [0.3, 0.4) is 0 Å². The van der Waals surface area contributed by atoms with Gasteiger partial charge in [0.2, 0.25) is 5.82 Å². The molecule has 3 aromatic heterocycles. The Balaban J connectivity index is 1.25. The van der Waals surface area contributed by atoms with Gasteiger partial charge in [-0.25, -0.2) is 4.98 Å². The van der Waals surface area contributed by atoms with Crippen LogP contribution in [0.15, 0.2) is 63.7 Å². The molecule has 1 N–H and O–H groups in total. The predicted octanol–water partition coefficient (Wildman–Crippen LogP) is 4.10. The summed E-state index contributed by atoms with van der Waals surface area (Å²) in [6.45, 7) is 3.80. The molecule has 0 spiro atoms. The molecule has 1 aliphatic heterocycles. The minimum absolute atomic E-state index is 0.116. The molecule has 1 saturated heterocycles. The number of furan rings is 1. The van der Waals surface area contributed by atoms with Gasteiger partial charge < -0.3 is 14.6 Å². The summed E-state index contributed by atoms with van der Waals surface area (Å²) in [7, 11) is 0. The van der Waals surface area contributed by atoms with Crippen LogP contribution in [0.4, 0.5) is 0 Å². The Morgan fingerprint density at radius 2 is 1.97 bits per heavy atom. The van der Waals surface area contributed by atoms with E-state index in [1.807, 2.05) is 52.4 Å². The highest BCUT2D eigenvalue weighted by atomic mass is 32.2. The lowest BCUT2D eigenvalue weighted by molar-refractivity contribution is 0.0945. The summed E-state index contributed by atoms with van der Waals surface area (Å²) in [6.07, 6.45) is 4.13. The monoisotopic (exact) mass is 480 g/mol. The van der Waals surface area contributed by atoms with Gasteiger partial charge in [-0.2, -0.15) is 0 Å². The Hall–Kier alpha value is -2.95. The van der Waals surface area contributed by atoms with E-state index in [9.17, 15) is 4.79 Å². The van der Waals surface area contributed by atoms with Gasteiger partial charge in [0.1, 0.15) is 10.7 Å². The lowest BCUT2D eigenvalue weighted by Gasteiger charge is -2.14. The number of nitrogens with zero attached hydrogens (tertiary/aromatic N) is 5. The number of thioether (sulfide) groups is 1. The van der Waals surface area contributed by atoms with Crippen molar-refractivity contribution >= 4 is 29.0 Å². The maximum Gasteiger partial charge on any atom is 0.270 e. The first-order valence-corrected chi connectivity index (χ1v) is 12.8. The van der Waals surface area contributed by atoms with E-state index in [-0.39, 0.29) is 5.91 Å². The number of rotatable bonds is 9. The highest BCUT2D eigenvalue weighted by Gasteiger charge is 2.19. The van der Waals surface area contributed by atoms with Crippen LogP contribution in [-0.4, -0.2) is 56.7 Å². The van der Waals surface area contributed by atoms with Crippen molar-refractivity contribution in [1.82, 2.24) is 30.0 Å². The lowest BCUT2D eigenvalue weighted by atomic mass is 10.3. The third kappa shape index (κ3) is 5.18. The summed E-state index contributed by atoms with van der Waals surface area (Å²) in [5.74, 6) is 1.77. The van der Waals surface area contributed by atoms with E-state index in [1.54, 1.807) is 6.26 Å². The molecule has 10 heteroatoms. The minimum Gasteiger partial charge on any atom is -0.461 e. The number of para-hydroxylation sites is 1. The van der Waals surface area contributed by atoms with E-state index in [1.165, 1.54) is 35.9 Å². The van der Waals surface area contributed by atoms with Crippen molar-refractivity contribution in [3.8, 4) is 17.3 Å². The van der Waals surface area contributed by atoms with Gasteiger partial charge >= 0.3 is 0 Å². The first-order chi connectivity index (χ1) is 16.3. The molecule has 4 aromatic rings. The number of carbonyl (C=O) groups is 1. The number of benzene rings is 1. The van der Waals surface area contributed by atoms with E-state index in [0.717, 1.165) is 35.5 Å². The molecule has 0 unspecified atom stereocenters. The Morgan fingerprint density at radius 1 is 1.12 bits per heavy atom. The molecule has 1 aromatic carbocycles. The second-order valence-electron chi connectivity index (χ2n) is 7.67. The molecule has 0 bridgehead atoms. The van der Waals surface area contributed by atoms with Gasteiger partial charge in [0.05, 0.1) is 12.0 Å². The SMILES string of the molecule is O=C(NCCN1CCCC1)c1csc(CSc2nnc(-c3ccco3)n2-c2ccccc2)n1. The van der Waals surface area contributed by atoms with Gasteiger partial charge in [0, 0.05) is 24.2 Å². The molecule has 4 heterocycles. The van der Waals surface area contributed by atoms with Gasteiger partial charge in [-0.3, -0.25) is 9.36 Å². The van der Waals surface area contributed by atoms with Crippen LogP contribution in [0.2, 0.25) is 0 Å². The quantitative estimate of drug-likeness (QED) is 0.361. The van der Waals surface area contributed by atoms with Gasteiger partial charge in [0.25, 0.3) is 5.91 Å². The molecular weight excluding hydrogens is 456 g/mol. The fourth-order valence-electron chi connectivity index (χ4n) is 3.77. The largest absolute Gasteiger partial charge is 0.461 e. The molecule has 1 aliphatic rings. The van der Waals surface area contributed by atoms with Crippen molar-refractivity contribution in [2.24, 2.45) is 0 Å². The van der Waals surface area contributed by atoms with Crippen molar-refractivity contribution < 1.29 is 9.21 Å². The van der Waals surface area contributed by atoms with Crippen molar-refractivity contribution in [2.75, 3.05) is 26.2 Å². The van der Waals surface area contributed by atoms with Crippen molar-refractivity contribution in [2.45, 2.75) is 23.8 Å². The zero-order chi connectivity index (χ0) is 22.5. The first kappa shape index (κ1) is 21.9. The smallest absolute Gasteiger partial charge is 0.270 e. The van der Waals surface area contributed by atoms with E-state index in [2.05, 4.69) is 25.4 Å². The van der Waals surface area contributed by atoms with Crippen LogP contribution in [-0.2, 0) is 5.75 Å². The van der Waals surface area contributed by atoms with Gasteiger partial charge in [-0.1, -0.05) is 30.0 Å². The maximum atomic E-state index is 12.5. The number of nitrogens with one attached hydrogen (secondary N) is 1. The molecule has 170 valence electrons. The van der Waals surface area contributed by atoms with Gasteiger partial charge in [0.15, 0.2) is 10.9 Å². The predicted molar refractivity (Wildman–Crippen MR) is 129 cm³/mol. The summed E-state index contributed by atoms with van der Waals surface area (Å²) in [5, 5.41) is 15.2. The highest BCUT2D eigenvalue weighted by molar-refractivity contribution is 7.98. The highest BCUT2D eigenvalue weighted by Crippen LogP contribution is 2.30. The van der Waals surface area contributed by atoms with Gasteiger partial charge in [-0.05, 0) is 50.2 Å². The fraction of sp³-hybridized carbons (Fsp3) is 0.304. The van der Waals surface area contributed by atoms with E-state index >= 15 is 0 Å². The second kappa shape index (κ2) is 10.3. The average molecular weight is 481 g/mol. The number of carbonyl (C=O) groups excluding carboxylic acids is 1. The summed E-state index contributed by atoms with van der Waals surface area (Å²) in [5.41, 5.74) is 1.42. The van der Waals surface area contributed by atoms with E-state index < -0.39 is 0 Å². The number of hydrogen-bond donors (Lipinski definition) is 1. The second-order valence-corrected chi connectivity index (χ2v) is 9.56. The van der Waals surface area contributed by atoms with E-state index in [0.29, 0.717) is 29.6 Å². The molecule has 1 fully saturated rings. The summed E-state index contributed by atoms with van der Waals surface area (Å²) >= 11 is 3.01. The van der Waals surface area contributed by atoms with Crippen LogP contribution < -0.4 is 5.32 Å². The van der Waals surface area contributed by atoms with Crippen molar-refractivity contribution in [3.63, 3.8) is 0 Å². The van der Waals surface area contributed by atoms with Crippen LogP contribution in [0.1, 0.15) is 28.3 Å². The zero-order valence-corrected chi connectivity index (χ0v) is 19.6. The molecule has 5 rings (SSSR count). The Bertz CT molecular complexity index is 1180. The number of hydrogen-bond acceptors (Lipinski definition) is 8. The molecule has 0 aliphatic carbocycles. The third-order valence-electron chi connectivity index (χ3n) is 5.41. The minimum atomic E-state index is -0.116. The van der Waals surface area contributed by atoms with Crippen molar-refractivity contribution in [1.29, 1.82) is 0 Å². The lowest BCUT2D eigenvalue weighted by Crippen LogP contribution is -2.33. The average Bonchev–Trinajstić information content (AvgIpc) is 3.65. The molecule has 33 heavy (non-hydrogen) atoms. The van der Waals surface area contributed by atoms with Crippen LogP contribution >= 0.6 is 23.1 Å². The topological polar surface area (TPSA) is 89.1 Å². The van der Waals surface area contributed by atoms with Crippen LogP contribution in [0, 0.1) is 0 Å². The molecular formula is C23H24N6O2S2. The Morgan fingerprint density at radius 3 is 2.76 bits per heavy atom. The summed E-state index contributed by atoms with van der Waals surface area (Å²) in [6, 6.07) is 13.6. The summed E-state index contributed by atoms with van der Waals surface area (Å²) < 4.78 is 7.54. The van der Waals surface area contributed by atoms with Gasteiger partial charge in [-0.15, -0.1) is 21.5 Å². The molecule has 1 amide bonds. The number of amides is 1. The van der Waals surface area contributed by atoms with E-state index in [4.69, 9.17) is 4.42 Å². The van der Waals surface area contributed by atoms with Crippen molar-refractivity contribution in [3.05, 3.63) is 64.8 Å². The Kier molecular flexibility index (Phi) is 6.84. The molecule has 0 radical (unpaired) electrons. The number of aromatic nitrogens is 4. The number of thiazole rings is 1. The van der Waals surface area contributed by atoms with Crippen LogP contribution in [0.5, 0.6) is 0 Å².